The molecular weight excluding hydrogens is 280 g/mol. The lowest BCUT2D eigenvalue weighted by molar-refractivity contribution is 0.760. The number of aromatic nitrogens is 2. The van der Waals surface area contributed by atoms with Crippen LogP contribution in [0.25, 0.3) is 0 Å². The van der Waals surface area contributed by atoms with Gasteiger partial charge in [-0.25, -0.2) is 4.98 Å². The van der Waals surface area contributed by atoms with Gasteiger partial charge in [0, 0.05) is 44.4 Å². The van der Waals surface area contributed by atoms with Crippen molar-refractivity contribution in [1.82, 2.24) is 9.97 Å². The third kappa shape index (κ3) is 3.29. The van der Waals surface area contributed by atoms with Crippen molar-refractivity contribution >= 4 is 23.5 Å². The van der Waals surface area contributed by atoms with Crippen molar-refractivity contribution in [2.75, 3.05) is 42.7 Å². The van der Waals surface area contributed by atoms with Gasteiger partial charge in [-0.2, -0.15) is 16.7 Å². The highest BCUT2D eigenvalue weighted by Crippen LogP contribution is 2.34. The molecule has 0 spiro atoms. The molecule has 1 aliphatic rings. The summed E-state index contributed by atoms with van der Waals surface area (Å²) >= 11 is 2.03. The number of nitrogens with zero attached hydrogens (tertiary/aromatic N) is 4. The number of hydrogen-bond donors (Lipinski definition) is 0. The standard InChI is InChI=1S/C16H20N4S/c1-19(2)16-17-9-8-15(18-16)20-10-11-21-14(12-20)13-6-4-3-5-7-13/h3-9,14H,10-12H2,1-2H3. The molecule has 4 nitrogen and oxygen atoms in total. The maximum Gasteiger partial charge on any atom is 0.226 e. The second kappa shape index (κ2) is 6.35. The molecule has 0 saturated carbocycles. The topological polar surface area (TPSA) is 32.3 Å². The summed E-state index contributed by atoms with van der Waals surface area (Å²) in [5.41, 5.74) is 1.40. The summed E-state index contributed by atoms with van der Waals surface area (Å²) in [7, 11) is 3.94. The second-order valence-electron chi connectivity index (χ2n) is 5.33. The highest BCUT2D eigenvalue weighted by atomic mass is 32.2. The van der Waals surface area contributed by atoms with Gasteiger partial charge in [0.25, 0.3) is 0 Å². The van der Waals surface area contributed by atoms with Crippen LogP contribution in [0.15, 0.2) is 42.6 Å². The fraction of sp³-hybridized carbons (Fsp3) is 0.375. The molecule has 0 N–H and O–H groups in total. The van der Waals surface area contributed by atoms with Crippen molar-refractivity contribution in [3.05, 3.63) is 48.2 Å². The lowest BCUT2D eigenvalue weighted by Gasteiger charge is -2.33. The van der Waals surface area contributed by atoms with E-state index in [9.17, 15) is 0 Å². The Morgan fingerprint density at radius 3 is 2.76 bits per heavy atom. The van der Waals surface area contributed by atoms with Crippen LogP contribution in [0.3, 0.4) is 0 Å². The predicted molar refractivity (Wildman–Crippen MR) is 90.2 cm³/mol. The van der Waals surface area contributed by atoms with E-state index >= 15 is 0 Å². The van der Waals surface area contributed by atoms with Crippen LogP contribution in [0.5, 0.6) is 0 Å². The average molecular weight is 300 g/mol. The molecule has 3 rings (SSSR count). The average Bonchev–Trinajstić information content (AvgIpc) is 2.56. The zero-order valence-corrected chi connectivity index (χ0v) is 13.3. The van der Waals surface area contributed by atoms with Crippen molar-refractivity contribution in [1.29, 1.82) is 0 Å². The Balaban J connectivity index is 1.78. The van der Waals surface area contributed by atoms with Gasteiger partial charge < -0.3 is 9.80 Å². The van der Waals surface area contributed by atoms with E-state index < -0.39 is 0 Å². The van der Waals surface area contributed by atoms with Crippen molar-refractivity contribution in [3.63, 3.8) is 0 Å². The van der Waals surface area contributed by atoms with Gasteiger partial charge in [-0.15, -0.1) is 0 Å². The first kappa shape index (κ1) is 14.2. The van der Waals surface area contributed by atoms with Crippen LogP contribution in [0, 0.1) is 0 Å². The van der Waals surface area contributed by atoms with E-state index in [1.807, 2.05) is 43.0 Å². The Labute approximate surface area is 130 Å². The van der Waals surface area contributed by atoms with Gasteiger partial charge >= 0.3 is 0 Å². The maximum atomic E-state index is 4.66. The monoisotopic (exact) mass is 300 g/mol. The summed E-state index contributed by atoms with van der Waals surface area (Å²) < 4.78 is 0. The number of rotatable bonds is 3. The van der Waals surface area contributed by atoms with Gasteiger partial charge in [0.05, 0.1) is 0 Å². The first-order valence-electron chi connectivity index (χ1n) is 7.16. The fourth-order valence-electron chi connectivity index (χ4n) is 2.46. The van der Waals surface area contributed by atoms with Gasteiger partial charge in [-0.05, 0) is 11.6 Å². The molecule has 2 heterocycles. The molecule has 1 aromatic carbocycles. The zero-order valence-electron chi connectivity index (χ0n) is 12.4. The molecule has 1 aliphatic heterocycles. The summed E-state index contributed by atoms with van der Waals surface area (Å²) in [6.45, 7) is 2.04. The number of thioether (sulfide) groups is 1. The fourth-order valence-corrected chi connectivity index (χ4v) is 3.70. The minimum atomic E-state index is 0.512. The van der Waals surface area contributed by atoms with E-state index in [-0.39, 0.29) is 0 Å². The van der Waals surface area contributed by atoms with E-state index in [4.69, 9.17) is 0 Å². The largest absolute Gasteiger partial charge is 0.354 e. The van der Waals surface area contributed by atoms with E-state index in [0.29, 0.717) is 5.25 Å². The van der Waals surface area contributed by atoms with Crippen molar-refractivity contribution < 1.29 is 0 Å². The minimum absolute atomic E-state index is 0.512. The molecule has 1 atom stereocenters. The Hall–Kier alpha value is -1.75. The quantitative estimate of drug-likeness (QED) is 0.870. The Morgan fingerprint density at radius 2 is 2.00 bits per heavy atom. The van der Waals surface area contributed by atoms with Crippen LogP contribution in [-0.4, -0.2) is 42.9 Å². The predicted octanol–water partition coefficient (Wildman–Crippen LogP) is 2.84. The van der Waals surface area contributed by atoms with Crippen LogP contribution in [-0.2, 0) is 0 Å². The molecule has 1 unspecified atom stereocenters. The Kier molecular flexibility index (Phi) is 4.29. The Morgan fingerprint density at radius 1 is 1.19 bits per heavy atom. The number of hydrogen-bond acceptors (Lipinski definition) is 5. The summed E-state index contributed by atoms with van der Waals surface area (Å²) in [5, 5.41) is 0.512. The Bertz CT molecular complexity index is 588. The molecule has 21 heavy (non-hydrogen) atoms. The highest BCUT2D eigenvalue weighted by molar-refractivity contribution is 7.99. The molecule has 0 amide bonds. The van der Waals surface area contributed by atoms with E-state index in [0.717, 1.165) is 30.6 Å². The smallest absolute Gasteiger partial charge is 0.226 e. The van der Waals surface area contributed by atoms with Crippen LogP contribution < -0.4 is 9.80 Å². The summed E-state index contributed by atoms with van der Waals surface area (Å²) in [6, 6.07) is 12.7. The van der Waals surface area contributed by atoms with Gasteiger partial charge in [-0.1, -0.05) is 30.3 Å². The lowest BCUT2D eigenvalue weighted by atomic mass is 10.1. The van der Waals surface area contributed by atoms with Crippen molar-refractivity contribution in [3.8, 4) is 0 Å². The molecule has 5 heteroatoms. The number of benzene rings is 1. The molecule has 0 aliphatic carbocycles. The number of anilines is 2. The summed E-state index contributed by atoms with van der Waals surface area (Å²) in [5.74, 6) is 2.91. The van der Waals surface area contributed by atoms with Crippen molar-refractivity contribution in [2.24, 2.45) is 0 Å². The molecular formula is C16H20N4S. The van der Waals surface area contributed by atoms with Gasteiger partial charge in [0.1, 0.15) is 5.82 Å². The van der Waals surface area contributed by atoms with Crippen LogP contribution in [0.4, 0.5) is 11.8 Å². The van der Waals surface area contributed by atoms with E-state index in [1.54, 1.807) is 0 Å². The highest BCUT2D eigenvalue weighted by Gasteiger charge is 2.23. The molecule has 2 aromatic rings. The van der Waals surface area contributed by atoms with Crippen LogP contribution in [0.1, 0.15) is 10.8 Å². The first-order chi connectivity index (χ1) is 10.2. The van der Waals surface area contributed by atoms with Gasteiger partial charge in [-0.3, -0.25) is 0 Å². The van der Waals surface area contributed by atoms with Crippen molar-refractivity contribution in [2.45, 2.75) is 5.25 Å². The lowest BCUT2D eigenvalue weighted by Crippen LogP contribution is -2.35. The molecule has 0 bridgehead atoms. The molecule has 0 radical (unpaired) electrons. The molecule has 1 fully saturated rings. The summed E-state index contributed by atoms with van der Waals surface area (Å²) in [6.07, 6.45) is 1.84. The van der Waals surface area contributed by atoms with E-state index in [2.05, 4.69) is 45.2 Å². The second-order valence-corrected chi connectivity index (χ2v) is 6.64. The molecule has 110 valence electrons. The van der Waals surface area contributed by atoms with Crippen LogP contribution in [0.2, 0.25) is 0 Å². The summed E-state index contributed by atoms with van der Waals surface area (Å²) in [4.78, 5) is 13.3. The van der Waals surface area contributed by atoms with Crippen LogP contribution >= 0.6 is 11.8 Å². The third-order valence-corrected chi connectivity index (χ3v) is 4.83. The van der Waals surface area contributed by atoms with Gasteiger partial charge in [0.2, 0.25) is 5.95 Å². The normalized spacial score (nSPS) is 18.6. The minimum Gasteiger partial charge on any atom is -0.354 e. The molecule has 1 saturated heterocycles. The first-order valence-corrected chi connectivity index (χ1v) is 8.21. The SMILES string of the molecule is CN(C)c1nccc(N2CCSC(c3ccccc3)C2)n1. The molecule has 1 aromatic heterocycles. The maximum absolute atomic E-state index is 4.66. The zero-order chi connectivity index (χ0) is 14.7. The third-order valence-electron chi connectivity index (χ3n) is 3.59. The van der Waals surface area contributed by atoms with Gasteiger partial charge in [0.15, 0.2) is 0 Å². The van der Waals surface area contributed by atoms with E-state index in [1.165, 1.54) is 5.56 Å².